The van der Waals surface area contributed by atoms with E-state index < -0.39 is 41.3 Å². The number of carbonyl (C=O) groups excluding carboxylic acids is 1. The number of ketones is 1. The average Bonchev–Trinajstić information content (AvgIpc) is 2.84. The zero-order valence-electron chi connectivity index (χ0n) is 19.1. The van der Waals surface area contributed by atoms with E-state index in [2.05, 4.69) is 0 Å². The SMILES string of the molecule is Cc1c(CC(=O)c2ccc(C(C)(C)O)cc2F)cc(F)cc1B1OC(C)(C)C(C)(C)O1. The van der Waals surface area contributed by atoms with Crippen LogP contribution in [0.5, 0.6) is 0 Å². The van der Waals surface area contributed by atoms with Gasteiger partial charge in [0.25, 0.3) is 0 Å². The number of carbonyl (C=O) groups is 1. The van der Waals surface area contributed by atoms with Crippen molar-refractivity contribution < 1.29 is 28.0 Å². The number of Topliss-reactive ketones (excluding diaryl/α,β-unsaturated/α-hetero) is 1. The number of benzene rings is 2. The van der Waals surface area contributed by atoms with Crippen LogP contribution in [-0.4, -0.2) is 29.2 Å². The van der Waals surface area contributed by atoms with Crippen LogP contribution in [0.2, 0.25) is 0 Å². The van der Waals surface area contributed by atoms with Crippen molar-refractivity contribution in [3.8, 4) is 0 Å². The minimum atomic E-state index is -1.22. The lowest BCUT2D eigenvalue weighted by molar-refractivity contribution is 0.00578. The Labute approximate surface area is 182 Å². The summed E-state index contributed by atoms with van der Waals surface area (Å²) < 4.78 is 41.1. The molecule has 7 heteroatoms. The fourth-order valence-corrected chi connectivity index (χ4v) is 3.55. The Bertz CT molecular complexity index is 1010. The van der Waals surface area contributed by atoms with Crippen molar-refractivity contribution in [1.29, 1.82) is 0 Å². The number of rotatable bonds is 5. The van der Waals surface area contributed by atoms with Gasteiger partial charge >= 0.3 is 7.12 Å². The zero-order valence-corrected chi connectivity index (χ0v) is 19.1. The Kier molecular flexibility index (Phi) is 5.93. The first kappa shape index (κ1) is 23.6. The molecule has 0 radical (unpaired) electrons. The van der Waals surface area contributed by atoms with E-state index in [9.17, 15) is 18.7 Å². The molecule has 166 valence electrons. The highest BCUT2D eigenvalue weighted by Crippen LogP contribution is 2.37. The van der Waals surface area contributed by atoms with Crippen molar-refractivity contribution in [3.05, 3.63) is 64.2 Å². The third kappa shape index (κ3) is 4.59. The third-order valence-corrected chi connectivity index (χ3v) is 6.35. The van der Waals surface area contributed by atoms with Crippen molar-refractivity contribution in [3.63, 3.8) is 0 Å². The van der Waals surface area contributed by atoms with Crippen LogP contribution in [0, 0.1) is 18.6 Å². The van der Waals surface area contributed by atoms with Crippen molar-refractivity contribution in [1.82, 2.24) is 0 Å². The molecule has 1 N–H and O–H groups in total. The Morgan fingerprint density at radius 3 is 2.16 bits per heavy atom. The van der Waals surface area contributed by atoms with Crippen molar-refractivity contribution in [2.75, 3.05) is 0 Å². The summed E-state index contributed by atoms with van der Waals surface area (Å²) in [7, 11) is -0.766. The van der Waals surface area contributed by atoms with E-state index in [0.717, 1.165) is 6.07 Å². The lowest BCUT2D eigenvalue weighted by Crippen LogP contribution is -2.41. The summed E-state index contributed by atoms with van der Waals surface area (Å²) in [5, 5.41) is 10.0. The van der Waals surface area contributed by atoms with E-state index >= 15 is 0 Å². The van der Waals surface area contributed by atoms with Crippen LogP contribution < -0.4 is 5.46 Å². The van der Waals surface area contributed by atoms with E-state index in [1.54, 1.807) is 6.92 Å². The van der Waals surface area contributed by atoms with Gasteiger partial charge in [0, 0.05) is 6.42 Å². The van der Waals surface area contributed by atoms with E-state index in [1.807, 2.05) is 27.7 Å². The van der Waals surface area contributed by atoms with Gasteiger partial charge in [-0.25, -0.2) is 8.78 Å². The van der Waals surface area contributed by atoms with Gasteiger partial charge in [-0.05, 0) is 94.9 Å². The summed E-state index contributed by atoms with van der Waals surface area (Å²) >= 11 is 0. The molecule has 2 aromatic carbocycles. The Morgan fingerprint density at radius 2 is 1.65 bits per heavy atom. The molecule has 3 rings (SSSR count). The minimum Gasteiger partial charge on any atom is -0.399 e. The van der Waals surface area contributed by atoms with Crippen LogP contribution in [-0.2, 0) is 21.3 Å². The molecule has 4 nitrogen and oxygen atoms in total. The Hall–Kier alpha value is -2.09. The summed E-state index contributed by atoms with van der Waals surface area (Å²) in [4.78, 5) is 12.8. The van der Waals surface area contributed by atoms with E-state index in [1.165, 1.54) is 38.1 Å². The fourth-order valence-electron chi connectivity index (χ4n) is 3.55. The normalized spacial score (nSPS) is 17.8. The van der Waals surface area contributed by atoms with Crippen molar-refractivity contribution in [2.45, 2.75) is 71.7 Å². The quantitative estimate of drug-likeness (QED) is 0.570. The molecule has 0 spiro atoms. The first-order valence-electron chi connectivity index (χ1n) is 10.3. The molecule has 0 unspecified atom stereocenters. The molecule has 0 bridgehead atoms. The van der Waals surface area contributed by atoms with Crippen LogP contribution in [0.3, 0.4) is 0 Å². The van der Waals surface area contributed by atoms with Crippen molar-refractivity contribution >= 4 is 18.4 Å². The second kappa shape index (κ2) is 7.80. The number of hydrogen-bond donors (Lipinski definition) is 1. The van der Waals surface area contributed by atoms with E-state index in [4.69, 9.17) is 9.31 Å². The van der Waals surface area contributed by atoms with Gasteiger partial charge in [0.1, 0.15) is 11.6 Å². The average molecular weight is 430 g/mol. The predicted octanol–water partition coefficient (Wildman–Crippen LogP) is 4.23. The summed E-state index contributed by atoms with van der Waals surface area (Å²) in [5.74, 6) is -1.71. The minimum absolute atomic E-state index is 0.103. The molecule has 31 heavy (non-hydrogen) atoms. The molecule has 1 fully saturated rings. The molecule has 1 heterocycles. The lowest BCUT2D eigenvalue weighted by atomic mass is 9.74. The van der Waals surface area contributed by atoms with Gasteiger partial charge in [0.05, 0.1) is 22.4 Å². The molecular formula is C24H29BF2O4. The largest absolute Gasteiger partial charge is 0.495 e. The van der Waals surface area contributed by atoms with E-state index in [-0.39, 0.29) is 12.0 Å². The molecule has 1 saturated heterocycles. The predicted molar refractivity (Wildman–Crippen MR) is 117 cm³/mol. The van der Waals surface area contributed by atoms with E-state index in [0.29, 0.717) is 22.2 Å². The first-order valence-corrected chi connectivity index (χ1v) is 10.3. The van der Waals surface area contributed by atoms with Gasteiger partial charge < -0.3 is 14.4 Å². The fraction of sp³-hybridized carbons (Fsp3) is 0.458. The highest BCUT2D eigenvalue weighted by Gasteiger charge is 2.52. The molecule has 2 aromatic rings. The van der Waals surface area contributed by atoms with Gasteiger partial charge in [-0.1, -0.05) is 6.07 Å². The van der Waals surface area contributed by atoms with Gasteiger partial charge in [0.2, 0.25) is 0 Å². The standard InChI is InChI=1S/C24H29BF2O4/c1-14-15(11-21(28)18-9-8-16(12-20(18)27)22(2,3)29)10-17(26)13-19(14)25-30-23(4,5)24(6,7)31-25/h8-10,12-13,29H,11H2,1-7H3. The van der Waals surface area contributed by atoms with Crippen LogP contribution in [0.25, 0.3) is 0 Å². The second-order valence-electron chi connectivity index (χ2n) is 9.72. The second-order valence-corrected chi connectivity index (χ2v) is 9.72. The van der Waals surface area contributed by atoms with Gasteiger partial charge in [-0.3, -0.25) is 4.79 Å². The van der Waals surface area contributed by atoms with Crippen LogP contribution in [0.4, 0.5) is 8.78 Å². The molecule has 0 atom stereocenters. The maximum Gasteiger partial charge on any atom is 0.495 e. The van der Waals surface area contributed by atoms with Gasteiger partial charge in [-0.15, -0.1) is 0 Å². The van der Waals surface area contributed by atoms with Gasteiger partial charge in [0.15, 0.2) is 5.78 Å². The van der Waals surface area contributed by atoms with Gasteiger partial charge in [-0.2, -0.15) is 0 Å². The third-order valence-electron chi connectivity index (χ3n) is 6.35. The summed E-state index contributed by atoms with van der Waals surface area (Å²) in [6.07, 6.45) is -0.172. The summed E-state index contributed by atoms with van der Waals surface area (Å²) in [5.41, 5.74) is -0.503. The highest BCUT2D eigenvalue weighted by molar-refractivity contribution is 6.62. The Balaban J connectivity index is 1.91. The number of aliphatic hydroxyl groups is 1. The lowest BCUT2D eigenvalue weighted by Gasteiger charge is -2.32. The van der Waals surface area contributed by atoms with Crippen LogP contribution >= 0.6 is 0 Å². The molecular weight excluding hydrogens is 401 g/mol. The topological polar surface area (TPSA) is 55.8 Å². The highest BCUT2D eigenvalue weighted by atomic mass is 19.1. The smallest absolute Gasteiger partial charge is 0.399 e. The molecule has 0 aliphatic carbocycles. The molecule has 1 aliphatic rings. The Morgan fingerprint density at radius 1 is 1.06 bits per heavy atom. The van der Waals surface area contributed by atoms with Crippen LogP contribution in [0.1, 0.15) is 68.6 Å². The number of hydrogen-bond acceptors (Lipinski definition) is 4. The molecule has 0 saturated carbocycles. The van der Waals surface area contributed by atoms with Crippen LogP contribution in [0.15, 0.2) is 30.3 Å². The molecule has 1 aliphatic heterocycles. The molecule has 0 aromatic heterocycles. The van der Waals surface area contributed by atoms with Crippen molar-refractivity contribution in [2.24, 2.45) is 0 Å². The first-order chi connectivity index (χ1) is 14.1. The zero-order chi connectivity index (χ0) is 23.4. The maximum absolute atomic E-state index is 14.6. The monoisotopic (exact) mass is 430 g/mol. The number of halogens is 2. The molecule has 0 amide bonds. The maximum atomic E-state index is 14.6. The summed E-state index contributed by atoms with van der Waals surface area (Å²) in [6.45, 7) is 12.5. The summed E-state index contributed by atoms with van der Waals surface area (Å²) in [6, 6.07) is 6.66.